The van der Waals surface area contributed by atoms with Crippen LogP contribution >= 0.6 is 0 Å². The van der Waals surface area contributed by atoms with E-state index in [1.54, 1.807) is 0 Å². The summed E-state index contributed by atoms with van der Waals surface area (Å²) in [6, 6.07) is 0. The molecule has 2 heterocycles. The fourth-order valence-corrected chi connectivity index (χ4v) is 2.44. The van der Waals surface area contributed by atoms with E-state index in [0.717, 1.165) is 19.6 Å². The van der Waals surface area contributed by atoms with E-state index in [2.05, 4.69) is 15.8 Å². The van der Waals surface area contributed by atoms with Gasteiger partial charge in [0.2, 0.25) is 5.91 Å². The summed E-state index contributed by atoms with van der Waals surface area (Å²) in [4.78, 5) is 11.2. The highest BCUT2D eigenvalue weighted by Gasteiger charge is 2.41. The van der Waals surface area contributed by atoms with Crippen LogP contribution in [0.1, 0.15) is 19.3 Å². The molecule has 0 aliphatic carbocycles. The molecule has 1 spiro atoms. The zero-order valence-corrected chi connectivity index (χ0v) is 8.10. The van der Waals surface area contributed by atoms with E-state index in [-0.39, 0.29) is 11.3 Å². The number of piperidine rings is 1. The summed E-state index contributed by atoms with van der Waals surface area (Å²) >= 11 is 0. The summed E-state index contributed by atoms with van der Waals surface area (Å²) in [6.07, 6.45) is 3.09. The van der Waals surface area contributed by atoms with Gasteiger partial charge in [-0.15, -0.1) is 0 Å². The summed E-state index contributed by atoms with van der Waals surface area (Å²) in [5, 5.41) is 5.14. The third kappa shape index (κ3) is 1.69. The van der Waals surface area contributed by atoms with Crippen LogP contribution in [0.4, 0.5) is 0 Å². The lowest BCUT2D eigenvalue weighted by Gasteiger charge is -2.38. The molecule has 1 amide bonds. The van der Waals surface area contributed by atoms with Crippen molar-refractivity contribution in [2.75, 3.05) is 26.7 Å². The van der Waals surface area contributed by atoms with E-state index in [1.807, 2.05) is 7.05 Å². The minimum absolute atomic E-state index is 0.220. The van der Waals surface area contributed by atoms with Gasteiger partial charge in [0.25, 0.3) is 0 Å². The molecule has 0 aromatic rings. The van der Waals surface area contributed by atoms with Gasteiger partial charge in [0.05, 0.1) is 0 Å². The molecule has 2 aliphatic heterocycles. The third-order valence-electron chi connectivity index (χ3n) is 3.17. The van der Waals surface area contributed by atoms with Gasteiger partial charge >= 0.3 is 0 Å². The van der Waals surface area contributed by atoms with E-state index in [4.69, 9.17) is 0 Å². The third-order valence-corrected chi connectivity index (χ3v) is 3.17. The summed E-state index contributed by atoms with van der Waals surface area (Å²) in [6.45, 7) is 2.97. The van der Waals surface area contributed by atoms with Crippen LogP contribution in [0.15, 0.2) is 0 Å². The van der Waals surface area contributed by atoms with Gasteiger partial charge in [-0.25, -0.2) is 5.01 Å². The Bertz CT molecular complexity index is 219. The Balaban J connectivity index is 2.02. The van der Waals surface area contributed by atoms with E-state index in [1.165, 1.54) is 12.8 Å². The van der Waals surface area contributed by atoms with Gasteiger partial charge in [-0.05, 0) is 19.9 Å². The molecule has 0 aromatic carbocycles. The minimum atomic E-state index is 0.220. The Morgan fingerprint density at radius 2 is 2.46 bits per heavy atom. The molecule has 74 valence electrons. The van der Waals surface area contributed by atoms with E-state index in [0.29, 0.717) is 6.42 Å². The molecule has 0 radical (unpaired) electrons. The first-order chi connectivity index (χ1) is 6.24. The second-order valence-electron chi connectivity index (χ2n) is 4.20. The van der Waals surface area contributed by atoms with Crippen molar-refractivity contribution in [2.24, 2.45) is 5.41 Å². The van der Waals surface area contributed by atoms with E-state index < -0.39 is 0 Å². The largest absolute Gasteiger partial charge is 0.355 e. The molecule has 2 rings (SSSR count). The predicted octanol–water partition coefficient (Wildman–Crippen LogP) is -0.277. The second kappa shape index (κ2) is 3.27. The van der Waals surface area contributed by atoms with Crippen LogP contribution in [0.25, 0.3) is 0 Å². The molecule has 0 bridgehead atoms. The standard InChI is InChI=1S/C9H17N3O/c1-10-12-4-2-3-9(7-12)5-8(13)11-6-9/h10H,2-7H2,1H3,(H,11,13)/t9-/m1/s1. The van der Waals surface area contributed by atoms with Crippen LogP contribution in [0, 0.1) is 5.41 Å². The molecule has 1 atom stereocenters. The van der Waals surface area contributed by atoms with Crippen LogP contribution in [0.3, 0.4) is 0 Å². The molecule has 2 fully saturated rings. The monoisotopic (exact) mass is 183 g/mol. The van der Waals surface area contributed by atoms with Gasteiger partial charge in [0, 0.05) is 31.5 Å². The predicted molar refractivity (Wildman–Crippen MR) is 49.9 cm³/mol. The fourth-order valence-electron chi connectivity index (χ4n) is 2.44. The van der Waals surface area contributed by atoms with Gasteiger partial charge in [0.15, 0.2) is 0 Å². The molecule has 0 saturated carbocycles. The Labute approximate surface area is 78.6 Å². The molecular formula is C9H17N3O. The zero-order valence-electron chi connectivity index (χ0n) is 8.10. The normalized spacial score (nSPS) is 35.3. The van der Waals surface area contributed by atoms with Crippen LogP contribution in [-0.2, 0) is 4.79 Å². The molecule has 4 nitrogen and oxygen atoms in total. The van der Waals surface area contributed by atoms with Crippen molar-refractivity contribution in [1.29, 1.82) is 0 Å². The number of hydrogen-bond acceptors (Lipinski definition) is 3. The van der Waals surface area contributed by atoms with E-state index >= 15 is 0 Å². The number of carbonyl (C=O) groups excluding carboxylic acids is 1. The molecule has 0 aromatic heterocycles. The van der Waals surface area contributed by atoms with Crippen molar-refractivity contribution in [3.8, 4) is 0 Å². The summed E-state index contributed by atoms with van der Waals surface area (Å²) in [5.74, 6) is 0.220. The zero-order chi connectivity index (χ0) is 9.31. The Morgan fingerprint density at radius 3 is 3.08 bits per heavy atom. The average molecular weight is 183 g/mol. The van der Waals surface area contributed by atoms with Crippen molar-refractivity contribution in [3.63, 3.8) is 0 Å². The molecule has 13 heavy (non-hydrogen) atoms. The molecule has 2 N–H and O–H groups in total. The minimum Gasteiger partial charge on any atom is -0.355 e. The van der Waals surface area contributed by atoms with Crippen molar-refractivity contribution in [2.45, 2.75) is 19.3 Å². The molecule has 4 heteroatoms. The summed E-state index contributed by atoms with van der Waals surface area (Å²) in [7, 11) is 1.95. The van der Waals surface area contributed by atoms with Crippen LogP contribution in [0.5, 0.6) is 0 Å². The van der Waals surface area contributed by atoms with Gasteiger partial charge in [-0.1, -0.05) is 0 Å². The maximum Gasteiger partial charge on any atom is 0.220 e. The lowest BCUT2D eigenvalue weighted by atomic mass is 9.80. The fraction of sp³-hybridized carbons (Fsp3) is 0.889. The summed E-state index contributed by atoms with van der Waals surface area (Å²) < 4.78 is 0. The van der Waals surface area contributed by atoms with E-state index in [9.17, 15) is 4.79 Å². The average Bonchev–Trinajstić information content (AvgIpc) is 2.47. The van der Waals surface area contributed by atoms with Crippen LogP contribution < -0.4 is 10.7 Å². The number of hydrazine groups is 1. The first kappa shape index (κ1) is 8.97. The number of carbonyl (C=O) groups is 1. The highest BCUT2D eigenvalue weighted by molar-refractivity contribution is 5.79. The van der Waals surface area contributed by atoms with Crippen molar-refractivity contribution >= 4 is 5.91 Å². The number of rotatable bonds is 1. The quantitative estimate of drug-likeness (QED) is 0.588. The summed E-state index contributed by atoms with van der Waals surface area (Å²) in [5.41, 5.74) is 3.38. The van der Waals surface area contributed by atoms with Gasteiger partial charge in [-0.3, -0.25) is 10.2 Å². The number of amides is 1. The number of hydrogen-bond donors (Lipinski definition) is 2. The van der Waals surface area contributed by atoms with Crippen molar-refractivity contribution < 1.29 is 4.79 Å². The SMILES string of the molecule is CNN1CCC[C@@]2(CNC(=O)C2)C1. The second-order valence-corrected chi connectivity index (χ2v) is 4.20. The Hall–Kier alpha value is -0.610. The Kier molecular flexibility index (Phi) is 2.26. The first-order valence-electron chi connectivity index (χ1n) is 4.93. The maximum absolute atomic E-state index is 11.2. The molecule has 2 aliphatic rings. The number of nitrogens with one attached hydrogen (secondary N) is 2. The molecular weight excluding hydrogens is 166 g/mol. The smallest absolute Gasteiger partial charge is 0.220 e. The Morgan fingerprint density at radius 1 is 1.62 bits per heavy atom. The highest BCUT2D eigenvalue weighted by Crippen LogP contribution is 2.35. The lowest BCUT2D eigenvalue weighted by molar-refractivity contribution is -0.120. The lowest BCUT2D eigenvalue weighted by Crippen LogP contribution is -2.49. The first-order valence-corrected chi connectivity index (χ1v) is 4.93. The molecule has 2 saturated heterocycles. The van der Waals surface area contributed by atoms with Crippen LogP contribution in [0.2, 0.25) is 0 Å². The number of nitrogens with zero attached hydrogens (tertiary/aromatic N) is 1. The van der Waals surface area contributed by atoms with Gasteiger partial charge in [0.1, 0.15) is 0 Å². The topological polar surface area (TPSA) is 44.4 Å². The van der Waals surface area contributed by atoms with Crippen molar-refractivity contribution in [1.82, 2.24) is 15.8 Å². The highest BCUT2D eigenvalue weighted by atomic mass is 16.1. The van der Waals surface area contributed by atoms with Gasteiger partial charge < -0.3 is 5.32 Å². The molecule has 0 unspecified atom stereocenters. The van der Waals surface area contributed by atoms with Crippen molar-refractivity contribution in [3.05, 3.63) is 0 Å². The maximum atomic E-state index is 11.2. The van der Waals surface area contributed by atoms with Crippen LogP contribution in [-0.4, -0.2) is 37.6 Å². The van der Waals surface area contributed by atoms with Gasteiger partial charge in [-0.2, -0.15) is 0 Å².